The van der Waals surface area contributed by atoms with Gasteiger partial charge in [0, 0.05) is 23.4 Å². The number of nitrogens with zero attached hydrogens (tertiary/aromatic N) is 7. The summed E-state index contributed by atoms with van der Waals surface area (Å²) in [7, 11) is 1.47. The van der Waals surface area contributed by atoms with E-state index in [1.54, 1.807) is 24.3 Å². The van der Waals surface area contributed by atoms with Crippen LogP contribution in [0.3, 0.4) is 0 Å². The zero-order valence-electron chi connectivity index (χ0n) is 23.3. The molecule has 6 rings (SSSR count). The summed E-state index contributed by atoms with van der Waals surface area (Å²) in [6, 6.07) is 17.5. The van der Waals surface area contributed by atoms with Gasteiger partial charge in [-0.15, -0.1) is 5.10 Å². The molecule has 0 spiro atoms. The van der Waals surface area contributed by atoms with Gasteiger partial charge in [-0.3, -0.25) is 4.79 Å². The van der Waals surface area contributed by atoms with Gasteiger partial charge < -0.3 is 20.1 Å². The number of methoxy groups -OCH3 is 1. The molecule has 1 aliphatic rings. The molecule has 0 saturated heterocycles. The fourth-order valence-electron chi connectivity index (χ4n) is 4.86. The van der Waals surface area contributed by atoms with Crippen LogP contribution < -0.4 is 25.5 Å². The normalized spacial score (nSPS) is 12.5. The van der Waals surface area contributed by atoms with Crippen molar-refractivity contribution in [2.45, 2.75) is 19.6 Å². The van der Waals surface area contributed by atoms with Crippen LogP contribution in [0.15, 0.2) is 70.4 Å². The first kappa shape index (κ1) is 28.6. The topological polar surface area (TPSA) is 159 Å². The van der Waals surface area contributed by atoms with Crippen LogP contribution in [0.5, 0.6) is 11.5 Å². The average Bonchev–Trinajstić information content (AvgIpc) is 3.76. The second-order valence-electron chi connectivity index (χ2n) is 9.64. The van der Waals surface area contributed by atoms with Crippen molar-refractivity contribution >= 4 is 35.2 Å². The Morgan fingerprint density at radius 2 is 2.02 bits per heavy atom. The van der Waals surface area contributed by atoms with Crippen LogP contribution in [0, 0.1) is 5.82 Å². The number of para-hydroxylation sites is 2. The Hall–Kier alpha value is -5.50. The van der Waals surface area contributed by atoms with Crippen LogP contribution in [0.2, 0.25) is 5.02 Å². The van der Waals surface area contributed by atoms with Crippen LogP contribution in [0.25, 0.3) is 5.82 Å². The summed E-state index contributed by atoms with van der Waals surface area (Å²) in [4.78, 5) is 15.5. The van der Waals surface area contributed by atoms with E-state index in [9.17, 15) is 9.18 Å². The molecule has 5 aromatic rings. The lowest BCUT2D eigenvalue weighted by molar-refractivity contribution is 0.0949. The van der Waals surface area contributed by atoms with Crippen LogP contribution in [0.1, 0.15) is 32.9 Å². The molecule has 0 aliphatic carbocycles. The number of ether oxygens (including phenoxy) is 2. The summed E-state index contributed by atoms with van der Waals surface area (Å²) >= 11 is 6.16. The molecular weight excluding hydrogens is 593 g/mol. The SMILES string of the molecule is COc1cccc(C=NNC(=O)c2nnn(-c3nonc3N)c2CN2CCc3ccccc32)c1OCc1c(F)cccc1Cl. The summed E-state index contributed by atoms with van der Waals surface area (Å²) in [5.41, 5.74) is 11.7. The molecule has 15 heteroatoms. The Morgan fingerprint density at radius 3 is 2.82 bits per heavy atom. The van der Waals surface area contributed by atoms with Gasteiger partial charge in [-0.25, -0.2) is 14.4 Å². The lowest BCUT2D eigenvalue weighted by Crippen LogP contribution is -2.26. The van der Waals surface area contributed by atoms with Crippen molar-refractivity contribution in [3.63, 3.8) is 0 Å². The van der Waals surface area contributed by atoms with Gasteiger partial charge in [0.1, 0.15) is 12.4 Å². The molecule has 224 valence electrons. The van der Waals surface area contributed by atoms with Gasteiger partial charge >= 0.3 is 0 Å². The van der Waals surface area contributed by atoms with Crippen molar-refractivity contribution < 1.29 is 23.3 Å². The Labute approximate surface area is 255 Å². The van der Waals surface area contributed by atoms with E-state index in [0.29, 0.717) is 17.0 Å². The number of fused-ring (bicyclic) bond motifs is 1. The fourth-order valence-corrected chi connectivity index (χ4v) is 5.07. The summed E-state index contributed by atoms with van der Waals surface area (Å²) < 4.78 is 31.7. The molecule has 3 aromatic carbocycles. The van der Waals surface area contributed by atoms with E-state index in [1.807, 2.05) is 18.2 Å². The number of hydrazone groups is 1. The number of benzene rings is 3. The first-order valence-electron chi connectivity index (χ1n) is 13.4. The fraction of sp³-hybridized carbons (Fsp3) is 0.172. The predicted octanol–water partition coefficient (Wildman–Crippen LogP) is 3.94. The van der Waals surface area contributed by atoms with Gasteiger partial charge in [0.05, 0.1) is 30.6 Å². The maximum Gasteiger partial charge on any atom is 0.293 e. The molecule has 3 heterocycles. The van der Waals surface area contributed by atoms with Crippen molar-refractivity contribution in [2.24, 2.45) is 5.10 Å². The van der Waals surface area contributed by atoms with E-state index in [-0.39, 0.29) is 46.8 Å². The van der Waals surface area contributed by atoms with Gasteiger partial charge in [-0.2, -0.15) is 9.78 Å². The summed E-state index contributed by atoms with van der Waals surface area (Å²) in [5.74, 6) is -0.378. The van der Waals surface area contributed by atoms with Gasteiger partial charge in [0.15, 0.2) is 17.2 Å². The number of carbonyl (C=O) groups is 1. The third-order valence-corrected chi connectivity index (χ3v) is 7.37. The van der Waals surface area contributed by atoms with Crippen molar-refractivity contribution in [1.82, 2.24) is 30.7 Å². The number of halogens is 2. The lowest BCUT2D eigenvalue weighted by atomic mass is 10.2. The standard InChI is InChI=1S/C29H25ClFN9O4/c1-42-24-11-4-7-18(26(24)43-16-19-20(30)8-5-9-21(19)31)14-33-35-29(41)25-23(40(38-34-25)28-27(32)36-44-37-28)15-39-13-12-17-6-2-3-10-22(17)39/h2-11,14H,12-13,15-16H2,1H3,(H2,32,36)(H,35,41). The molecule has 13 nitrogen and oxygen atoms in total. The highest BCUT2D eigenvalue weighted by Gasteiger charge is 2.28. The molecule has 0 unspecified atom stereocenters. The maximum atomic E-state index is 14.3. The highest BCUT2D eigenvalue weighted by atomic mass is 35.5. The number of carbonyl (C=O) groups excluding carboxylic acids is 1. The minimum absolute atomic E-state index is 0.00485. The number of amides is 1. The number of hydrogen-bond donors (Lipinski definition) is 2. The summed E-state index contributed by atoms with van der Waals surface area (Å²) in [6.45, 7) is 0.841. The third-order valence-electron chi connectivity index (χ3n) is 7.02. The number of anilines is 2. The molecule has 44 heavy (non-hydrogen) atoms. The van der Waals surface area contributed by atoms with Crippen LogP contribution in [0.4, 0.5) is 15.9 Å². The second-order valence-corrected chi connectivity index (χ2v) is 10.0. The predicted molar refractivity (Wildman–Crippen MR) is 159 cm³/mol. The van der Waals surface area contributed by atoms with Gasteiger partial charge in [-0.05, 0) is 52.6 Å². The summed E-state index contributed by atoms with van der Waals surface area (Å²) in [5, 5.41) is 20.0. The molecule has 0 saturated carbocycles. The number of nitrogens with one attached hydrogen (secondary N) is 1. The number of hydrogen-bond acceptors (Lipinski definition) is 11. The molecule has 2 aromatic heterocycles. The first-order chi connectivity index (χ1) is 21.4. The van der Waals surface area contributed by atoms with Crippen molar-refractivity contribution in [1.29, 1.82) is 0 Å². The van der Waals surface area contributed by atoms with Crippen LogP contribution >= 0.6 is 11.6 Å². The largest absolute Gasteiger partial charge is 0.493 e. The van der Waals surface area contributed by atoms with Crippen molar-refractivity contribution in [3.8, 4) is 17.3 Å². The minimum atomic E-state index is -0.631. The molecule has 0 bridgehead atoms. The molecule has 1 aliphatic heterocycles. The smallest absolute Gasteiger partial charge is 0.293 e. The summed E-state index contributed by atoms with van der Waals surface area (Å²) in [6.07, 6.45) is 2.23. The van der Waals surface area contributed by atoms with Crippen molar-refractivity contribution in [3.05, 3.63) is 99.6 Å². The molecular formula is C29H25ClFN9O4. The number of nitrogens with two attached hydrogens (primary N) is 1. The number of nitrogen functional groups attached to an aromatic ring is 1. The average molecular weight is 618 g/mol. The Bertz CT molecular complexity index is 1840. The second kappa shape index (κ2) is 12.4. The third kappa shape index (κ3) is 5.62. The first-order valence-corrected chi connectivity index (χ1v) is 13.7. The Balaban J connectivity index is 1.25. The molecule has 0 fully saturated rings. The zero-order valence-corrected chi connectivity index (χ0v) is 24.0. The molecule has 0 atom stereocenters. The molecule has 3 N–H and O–H groups in total. The number of aromatic nitrogens is 5. The van der Waals surface area contributed by atoms with Crippen molar-refractivity contribution in [2.75, 3.05) is 24.3 Å². The van der Waals surface area contributed by atoms with E-state index < -0.39 is 11.7 Å². The Morgan fingerprint density at radius 1 is 1.18 bits per heavy atom. The molecule has 0 radical (unpaired) electrons. The van der Waals surface area contributed by atoms with Gasteiger partial charge in [-0.1, -0.05) is 47.1 Å². The number of rotatable bonds is 10. The molecule has 1 amide bonds. The van der Waals surface area contributed by atoms with E-state index in [1.165, 1.54) is 35.7 Å². The lowest BCUT2D eigenvalue weighted by Gasteiger charge is -2.19. The van der Waals surface area contributed by atoms with Crippen LogP contribution in [-0.2, 0) is 19.6 Å². The maximum absolute atomic E-state index is 14.3. The Kier molecular flexibility index (Phi) is 8.06. The monoisotopic (exact) mass is 617 g/mol. The van der Waals surface area contributed by atoms with Crippen LogP contribution in [-0.4, -0.2) is 51.1 Å². The van der Waals surface area contributed by atoms with E-state index >= 15 is 0 Å². The highest BCUT2D eigenvalue weighted by Crippen LogP contribution is 2.32. The minimum Gasteiger partial charge on any atom is -0.493 e. The van der Waals surface area contributed by atoms with E-state index in [2.05, 4.69) is 42.1 Å². The zero-order chi connectivity index (χ0) is 30.6. The highest BCUT2D eigenvalue weighted by molar-refractivity contribution is 6.31. The van der Waals surface area contributed by atoms with Gasteiger partial charge in [0.2, 0.25) is 11.6 Å². The van der Waals surface area contributed by atoms with Gasteiger partial charge in [0.25, 0.3) is 5.91 Å². The van der Waals surface area contributed by atoms with E-state index in [4.69, 9.17) is 31.4 Å². The quantitative estimate of drug-likeness (QED) is 0.174. The van der Waals surface area contributed by atoms with E-state index in [0.717, 1.165) is 18.7 Å².